The minimum Gasteiger partial charge on any atom is -0.478 e. The predicted molar refractivity (Wildman–Crippen MR) is 67.9 cm³/mol. The number of rotatable bonds is 5. The van der Waals surface area contributed by atoms with E-state index in [0.717, 1.165) is 0 Å². The Morgan fingerprint density at radius 1 is 1.56 bits per heavy atom. The van der Waals surface area contributed by atoms with E-state index in [4.69, 9.17) is 22.4 Å². The van der Waals surface area contributed by atoms with Crippen LogP contribution >= 0.6 is 11.6 Å². The Hall–Kier alpha value is -1.82. The maximum Gasteiger partial charge on any atom is 0.337 e. The Bertz CT molecular complexity index is 477. The van der Waals surface area contributed by atoms with E-state index < -0.39 is 11.9 Å². The van der Waals surface area contributed by atoms with Gasteiger partial charge in [-0.15, -0.1) is 0 Å². The van der Waals surface area contributed by atoms with Crippen LogP contribution in [0.25, 0.3) is 0 Å². The van der Waals surface area contributed by atoms with Gasteiger partial charge in [0.05, 0.1) is 17.1 Å². The number of halogens is 1. The van der Waals surface area contributed by atoms with E-state index in [1.807, 2.05) is 13.8 Å². The molecule has 1 aromatic rings. The first-order valence-electron chi connectivity index (χ1n) is 5.26. The van der Waals surface area contributed by atoms with Gasteiger partial charge in [-0.2, -0.15) is 0 Å². The number of anilines is 1. The van der Waals surface area contributed by atoms with Gasteiger partial charge in [0.2, 0.25) is 5.91 Å². The number of aromatic carboxylic acids is 1. The maximum atomic E-state index is 11.0. The smallest absolute Gasteiger partial charge is 0.337 e. The maximum absolute atomic E-state index is 11.0. The van der Waals surface area contributed by atoms with Gasteiger partial charge >= 0.3 is 5.97 Å². The van der Waals surface area contributed by atoms with Gasteiger partial charge in [-0.3, -0.25) is 4.79 Å². The molecule has 0 aliphatic heterocycles. The summed E-state index contributed by atoms with van der Waals surface area (Å²) < 4.78 is 0. The highest BCUT2D eigenvalue weighted by Gasteiger charge is 2.18. The van der Waals surface area contributed by atoms with Gasteiger partial charge in [-0.25, -0.2) is 9.78 Å². The van der Waals surface area contributed by atoms with Crippen molar-refractivity contribution in [1.82, 2.24) is 4.98 Å². The SMILES string of the molecule is CC(C)N(CC(N)=O)c1ncc(C(=O)O)cc1Cl. The Morgan fingerprint density at radius 3 is 2.56 bits per heavy atom. The van der Waals surface area contributed by atoms with Crippen molar-refractivity contribution in [3.8, 4) is 0 Å². The van der Waals surface area contributed by atoms with Crippen molar-refractivity contribution >= 4 is 29.3 Å². The van der Waals surface area contributed by atoms with Gasteiger partial charge < -0.3 is 15.7 Å². The van der Waals surface area contributed by atoms with Gasteiger partial charge in [0, 0.05) is 12.2 Å². The van der Waals surface area contributed by atoms with E-state index in [1.165, 1.54) is 12.3 Å². The topological polar surface area (TPSA) is 96.5 Å². The molecule has 0 aromatic carbocycles. The third-order valence-electron chi connectivity index (χ3n) is 2.29. The van der Waals surface area contributed by atoms with Gasteiger partial charge in [-0.05, 0) is 19.9 Å². The monoisotopic (exact) mass is 271 g/mol. The summed E-state index contributed by atoms with van der Waals surface area (Å²) in [5.41, 5.74) is 5.14. The van der Waals surface area contributed by atoms with Crippen molar-refractivity contribution in [1.29, 1.82) is 0 Å². The first kappa shape index (κ1) is 14.2. The fraction of sp³-hybridized carbons (Fsp3) is 0.364. The molecule has 98 valence electrons. The number of nitrogens with zero attached hydrogens (tertiary/aromatic N) is 2. The van der Waals surface area contributed by atoms with Gasteiger partial charge in [0.25, 0.3) is 0 Å². The summed E-state index contributed by atoms with van der Waals surface area (Å²) in [6, 6.07) is 1.25. The first-order chi connectivity index (χ1) is 8.32. The van der Waals surface area contributed by atoms with Crippen molar-refractivity contribution in [2.24, 2.45) is 5.73 Å². The molecule has 3 N–H and O–H groups in total. The normalized spacial score (nSPS) is 10.4. The molecule has 1 aromatic heterocycles. The van der Waals surface area contributed by atoms with E-state index in [2.05, 4.69) is 4.98 Å². The van der Waals surface area contributed by atoms with Crippen LogP contribution in [0, 0.1) is 0 Å². The molecule has 1 heterocycles. The summed E-state index contributed by atoms with van der Waals surface area (Å²) in [5, 5.41) is 8.98. The summed E-state index contributed by atoms with van der Waals surface area (Å²) in [6.45, 7) is 3.68. The second-order valence-electron chi connectivity index (χ2n) is 4.02. The number of hydrogen-bond acceptors (Lipinski definition) is 4. The van der Waals surface area contributed by atoms with Crippen LogP contribution in [0.15, 0.2) is 12.3 Å². The lowest BCUT2D eigenvalue weighted by Crippen LogP contribution is -2.39. The molecule has 0 saturated heterocycles. The number of carbonyl (C=O) groups is 2. The average Bonchev–Trinajstić information content (AvgIpc) is 2.25. The second-order valence-corrected chi connectivity index (χ2v) is 4.43. The number of nitrogens with two attached hydrogens (primary N) is 1. The highest BCUT2D eigenvalue weighted by Crippen LogP contribution is 2.25. The fourth-order valence-electron chi connectivity index (χ4n) is 1.43. The minimum absolute atomic E-state index is 0.00784. The van der Waals surface area contributed by atoms with Crippen molar-refractivity contribution in [3.05, 3.63) is 22.8 Å². The summed E-state index contributed by atoms with van der Waals surface area (Å²) in [7, 11) is 0. The quantitative estimate of drug-likeness (QED) is 0.837. The molecular weight excluding hydrogens is 258 g/mol. The highest BCUT2D eigenvalue weighted by molar-refractivity contribution is 6.33. The Kier molecular flexibility index (Phi) is 4.49. The standard InChI is InChI=1S/C11H14ClN3O3/c1-6(2)15(5-9(13)16)10-8(12)3-7(4-14-10)11(17)18/h3-4,6H,5H2,1-2H3,(H2,13,16)(H,17,18). The third kappa shape index (κ3) is 3.33. The van der Waals surface area contributed by atoms with Crippen LogP contribution in [-0.4, -0.2) is 34.6 Å². The van der Waals surface area contributed by atoms with Gasteiger partial charge in [0.15, 0.2) is 0 Å². The lowest BCUT2D eigenvalue weighted by molar-refractivity contribution is -0.116. The number of primary amides is 1. The Labute approximate surface area is 109 Å². The number of hydrogen-bond donors (Lipinski definition) is 2. The fourth-order valence-corrected chi connectivity index (χ4v) is 1.70. The molecule has 0 aliphatic carbocycles. The number of pyridine rings is 1. The molecule has 0 bridgehead atoms. The zero-order valence-electron chi connectivity index (χ0n) is 10.1. The van der Waals surface area contributed by atoms with Crippen LogP contribution in [-0.2, 0) is 4.79 Å². The summed E-state index contributed by atoms with van der Waals surface area (Å²) >= 11 is 5.98. The molecule has 1 amide bonds. The molecule has 0 unspecified atom stereocenters. The number of carbonyl (C=O) groups excluding carboxylic acids is 1. The Balaban J connectivity index is 3.13. The van der Waals surface area contributed by atoms with Crippen LogP contribution in [0.1, 0.15) is 24.2 Å². The van der Waals surface area contributed by atoms with E-state index in [0.29, 0.717) is 5.82 Å². The van der Waals surface area contributed by atoms with Gasteiger partial charge in [0.1, 0.15) is 5.82 Å². The van der Waals surface area contributed by atoms with Crippen LogP contribution in [0.2, 0.25) is 5.02 Å². The molecule has 7 heteroatoms. The zero-order chi connectivity index (χ0) is 13.9. The van der Waals surface area contributed by atoms with Crippen molar-refractivity contribution in [3.63, 3.8) is 0 Å². The summed E-state index contributed by atoms with van der Waals surface area (Å²) in [4.78, 5) is 27.3. The number of aromatic nitrogens is 1. The molecule has 0 fully saturated rings. The third-order valence-corrected chi connectivity index (χ3v) is 2.57. The summed E-state index contributed by atoms with van der Waals surface area (Å²) in [5.74, 6) is -1.28. The van der Waals surface area contributed by atoms with E-state index in [-0.39, 0.29) is 23.2 Å². The summed E-state index contributed by atoms with van der Waals surface area (Å²) in [6.07, 6.45) is 1.19. The number of amides is 1. The predicted octanol–water partition coefficient (Wildman–Crippen LogP) is 1.13. The first-order valence-corrected chi connectivity index (χ1v) is 5.64. The minimum atomic E-state index is -1.11. The molecule has 1 rings (SSSR count). The lowest BCUT2D eigenvalue weighted by Gasteiger charge is -2.27. The number of carboxylic acids is 1. The van der Waals surface area contributed by atoms with Crippen LogP contribution in [0.5, 0.6) is 0 Å². The highest BCUT2D eigenvalue weighted by atomic mass is 35.5. The largest absolute Gasteiger partial charge is 0.478 e. The van der Waals surface area contributed by atoms with E-state index >= 15 is 0 Å². The second kappa shape index (κ2) is 5.68. The van der Waals surface area contributed by atoms with Gasteiger partial charge in [-0.1, -0.05) is 11.6 Å². The van der Waals surface area contributed by atoms with E-state index in [1.54, 1.807) is 4.90 Å². The van der Waals surface area contributed by atoms with Crippen molar-refractivity contribution in [2.45, 2.75) is 19.9 Å². The van der Waals surface area contributed by atoms with Crippen LogP contribution < -0.4 is 10.6 Å². The molecule has 0 spiro atoms. The van der Waals surface area contributed by atoms with Crippen LogP contribution in [0.3, 0.4) is 0 Å². The zero-order valence-corrected chi connectivity index (χ0v) is 10.8. The molecule has 0 aliphatic rings. The van der Waals surface area contributed by atoms with E-state index in [9.17, 15) is 9.59 Å². The van der Waals surface area contributed by atoms with Crippen molar-refractivity contribution in [2.75, 3.05) is 11.4 Å². The Morgan fingerprint density at radius 2 is 2.17 bits per heavy atom. The molecule has 0 saturated carbocycles. The molecule has 18 heavy (non-hydrogen) atoms. The van der Waals surface area contributed by atoms with Crippen molar-refractivity contribution < 1.29 is 14.7 Å². The van der Waals surface area contributed by atoms with Crippen LogP contribution in [0.4, 0.5) is 5.82 Å². The molecular formula is C11H14ClN3O3. The number of carboxylic acid groups (broad SMARTS) is 1. The molecule has 0 radical (unpaired) electrons. The molecule has 0 atom stereocenters. The molecule has 6 nitrogen and oxygen atoms in total. The lowest BCUT2D eigenvalue weighted by atomic mass is 10.2. The average molecular weight is 272 g/mol.